The molecule has 0 aromatic heterocycles. The number of carbonyl (C=O) groups excluding carboxylic acids is 1. The predicted molar refractivity (Wildman–Crippen MR) is 80.4 cm³/mol. The summed E-state index contributed by atoms with van der Waals surface area (Å²) in [4.78, 5) is 14.3. The third-order valence-electron chi connectivity index (χ3n) is 4.15. The molecule has 3 nitrogen and oxygen atoms in total. The van der Waals surface area contributed by atoms with Crippen molar-refractivity contribution in [1.29, 1.82) is 0 Å². The van der Waals surface area contributed by atoms with E-state index in [9.17, 15) is 4.79 Å². The molecule has 1 aromatic rings. The summed E-state index contributed by atoms with van der Waals surface area (Å²) >= 11 is 0. The van der Waals surface area contributed by atoms with Gasteiger partial charge in [0.1, 0.15) is 6.61 Å². The first-order chi connectivity index (χ1) is 9.59. The molecule has 2 atom stereocenters. The Bertz CT molecular complexity index is 430. The van der Waals surface area contributed by atoms with Crippen molar-refractivity contribution < 1.29 is 9.53 Å². The minimum absolute atomic E-state index is 0.178. The largest absolute Gasteiger partial charge is 0.445 e. The smallest absolute Gasteiger partial charge is 0.410 e. The lowest BCUT2D eigenvalue weighted by Crippen LogP contribution is -2.46. The van der Waals surface area contributed by atoms with Gasteiger partial charge in [-0.25, -0.2) is 4.79 Å². The van der Waals surface area contributed by atoms with E-state index in [1.165, 1.54) is 12.8 Å². The van der Waals surface area contributed by atoms with Crippen molar-refractivity contribution in [3.8, 4) is 0 Å². The highest BCUT2D eigenvalue weighted by molar-refractivity contribution is 5.68. The van der Waals surface area contributed by atoms with E-state index >= 15 is 0 Å². The van der Waals surface area contributed by atoms with Gasteiger partial charge >= 0.3 is 6.09 Å². The fourth-order valence-electron chi connectivity index (χ4n) is 3.06. The maximum Gasteiger partial charge on any atom is 0.410 e. The topological polar surface area (TPSA) is 29.5 Å². The fraction of sp³-hybridized carbons (Fsp3) is 0.588. The van der Waals surface area contributed by atoms with Crippen LogP contribution in [0.5, 0.6) is 0 Å². The monoisotopic (exact) mass is 275 g/mol. The Kier molecular flexibility index (Phi) is 5.05. The molecule has 3 heteroatoms. The van der Waals surface area contributed by atoms with Crippen molar-refractivity contribution in [2.75, 3.05) is 0 Å². The second-order valence-electron chi connectivity index (χ2n) is 6.02. The third kappa shape index (κ3) is 3.53. The van der Waals surface area contributed by atoms with Crippen LogP contribution in [0.25, 0.3) is 0 Å². The molecule has 0 heterocycles. The van der Waals surface area contributed by atoms with Crippen LogP contribution in [0.15, 0.2) is 30.3 Å². The highest BCUT2D eigenvalue weighted by Gasteiger charge is 2.34. The molecule has 1 saturated carbocycles. The van der Waals surface area contributed by atoms with Crippen LogP contribution in [-0.4, -0.2) is 23.1 Å². The number of benzene rings is 1. The van der Waals surface area contributed by atoms with Crippen LogP contribution in [0.4, 0.5) is 4.79 Å². The molecule has 0 spiro atoms. The van der Waals surface area contributed by atoms with Gasteiger partial charge in [-0.15, -0.1) is 0 Å². The Hall–Kier alpha value is -1.51. The number of carbonyl (C=O) groups is 1. The predicted octanol–water partition coefficient (Wildman–Crippen LogP) is 4.22. The van der Waals surface area contributed by atoms with E-state index in [4.69, 9.17) is 4.74 Å². The normalized spacial score (nSPS) is 22.0. The van der Waals surface area contributed by atoms with Crippen molar-refractivity contribution >= 4 is 6.09 Å². The number of hydrogen-bond acceptors (Lipinski definition) is 2. The van der Waals surface area contributed by atoms with Crippen LogP contribution in [0.3, 0.4) is 0 Å². The first kappa shape index (κ1) is 14.9. The molecule has 2 unspecified atom stereocenters. The Morgan fingerprint density at radius 3 is 2.55 bits per heavy atom. The summed E-state index contributed by atoms with van der Waals surface area (Å²) in [6.45, 7) is 6.71. The number of amides is 1. The molecule has 2 rings (SSSR count). The molecular weight excluding hydrogens is 250 g/mol. The number of rotatable bonds is 4. The van der Waals surface area contributed by atoms with E-state index < -0.39 is 0 Å². The molecule has 1 fully saturated rings. The van der Waals surface area contributed by atoms with Crippen LogP contribution >= 0.6 is 0 Å². The Balaban J connectivity index is 1.97. The highest BCUT2D eigenvalue weighted by atomic mass is 16.6. The fourth-order valence-corrected chi connectivity index (χ4v) is 3.06. The average molecular weight is 275 g/mol. The van der Waals surface area contributed by atoms with E-state index in [0.29, 0.717) is 18.6 Å². The van der Waals surface area contributed by atoms with Gasteiger partial charge in [0.15, 0.2) is 0 Å². The first-order valence-electron chi connectivity index (χ1n) is 7.58. The highest BCUT2D eigenvalue weighted by Crippen LogP contribution is 2.31. The molecule has 1 aliphatic rings. The van der Waals surface area contributed by atoms with Crippen molar-refractivity contribution in [3.05, 3.63) is 35.9 Å². The zero-order valence-corrected chi connectivity index (χ0v) is 12.7. The van der Waals surface area contributed by atoms with Gasteiger partial charge in [-0.1, -0.05) is 43.7 Å². The Morgan fingerprint density at radius 1 is 1.30 bits per heavy atom. The van der Waals surface area contributed by atoms with E-state index in [-0.39, 0.29) is 12.1 Å². The quantitative estimate of drug-likeness (QED) is 0.823. The molecule has 20 heavy (non-hydrogen) atoms. The second-order valence-corrected chi connectivity index (χ2v) is 6.02. The molecule has 1 aromatic carbocycles. The van der Waals surface area contributed by atoms with E-state index in [2.05, 4.69) is 20.8 Å². The molecule has 110 valence electrons. The maximum atomic E-state index is 12.4. The van der Waals surface area contributed by atoms with Gasteiger partial charge in [0.2, 0.25) is 0 Å². The summed E-state index contributed by atoms with van der Waals surface area (Å²) in [6, 6.07) is 10.4. The molecule has 0 N–H and O–H groups in total. The lowest BCUT2D eigenvalue weighted by molar-refractivity contribution is 0.0599. The second kappa shape index (κ2) is 6.78. The molecule has 0 saturated heterocycles. The Morgan fingerprint density at radius 2 is 2.00 bits per heavy atom. The minimum atomic E-state index is -0.178. The number of ether oxygens (including phenoxy) is 1. The van der Waals surface area contributed by atoms with Crippen molar-refractivity contribution in [2.24, 2.45) is 5.92 Å². The van der Waals surface area contributed by atoms with Gasteiger partial charge < -0.3 is 9.64 Å². The lowest BCUT2D eigenvalue weighted by Gasteiger charge is -2.34. The Labute approximate surface area is 121 Å². The van der Waals surface area contributed by atoms with E-state index in [1.807, 2.05) is 35.2 Å². The van der Waals surface area contributed by atoms with Crippen molar-refractivity contribution in [1.82, 2.24) is 4.90 Å². The number of nitrogens with zero attached hydrogens (tertiary/aromatic N) is 1. The van der Waals surface area contributed by atoms with Crippen LogP contribution in [0.1, 0.15) is 45.6 Å². The van der Waals surface area contributed by atoms with Gasteiger partial charge in [0.25, 0.3) is 0 Å². The summed E-state index contributed by atoms with van der Waals surface area (Å²) in [5.41, 5.74) is 1.03. The van der Waals surface area contributed by atoms with Gasteiger partial charge in [-0.2, -0.15) is 0 Å². The molecule has 0 bridgehead atoms. The third-order valence-corrected chi connectivity index (χ3v) is 4.15. The lowest BCUT2D eigenvalue weighted by atomic mass is 10.0. The SMILES string of the molecule is CC1CCCC1N(C(=O)OCc1ccccc1)C(C)C. The first-order valence-corrected chi connectivity index (χ1v) is 7.58. The molecule has 1 amide bonds. The van der Waals surface area contributed by atoms with Crippen LogP contribution in [0.2, 0.25) is 0 Å². The van der Waals surface area contributed by atoms with Crippen molar-refractivity contribution in [3.63, 3.8) is 0 Å². The molecule has 1 aliphatic carbocycles. The summed E-state index contributed by atoms with van der Waals surface area (Å²) < 4.78 is 5.50. The summed E-state index contributed by atoms with van der Waals surface area (Å²) in [5.74, 6) is 0.571. The summed E-state index contributed by atoms with van der Waals surface area (Å²) in [5, 5.41) is 0. The molecular formula is C17H25NO2. The number of hydrogen-bond donors (Lipinski definition) is 0. The van der Waals surface area contributed by atoms with Gasteiger partial charge in [0.05, 0.1) is 0 Å². The minimum Gasteiger partial charge on any atom is -0.445 e. The van der Waals surface area contributed by atoms with E-state index in [0.717, 1.165) is 12.0 Å². The van der Waals surface area contributed by atoms with E-state index in [1.54, 1.807) is 0 Å². The zero-order valence-electron chi connectivity index (χ0n) is 12.7. The summed E-state index contributed by atoms with van der Waals surface area (Å²) in [6.07, 6.45) is 3.34. The van der Waals surface area contributed by atoms with Gasteiger partial charge in [-0.3, -0.25) is 0 Å². The van der Waals surface area contributed by atoms with Crippen LogP contribution in [0, 0.1) is 5.92 Å². The summed E-state index contributed by atoms with van der Waals surface area (Å²) in [7, 11) is 0. The van der Waals surface area contributed by atoms with Crippen LogP contribution < -0.4 is 0 Å². The van der Waals surface area contributed by atoms with Gasteiger partial charge in [0, 0.05) is 12.1 Å². The van der Waals surface area contributed by atoms with Gasteiger partial charge in [-0.05, 0) is 38.2 Å². The van der Waals surface area contributed by atoms with Crippen LogP contribution in [-0.2, 0) is 11.3 Å². The van der Waals surface area contributed by atoms with Crippen molar-refractivity contribution in [2.45, 2.75) is 58.7 Å². The standard InChI is InChI=1S/C17H25NO2/c1-13(2)18(16-11-7-8-14(16)3)17(19)20-12-15-9-5-4-6-10-15/h4-6,9-10,13-14,16H,7-8,11-12H2,1-3H3. The maximum absolute atomic E-state index is 12.4. The average Bonchev–Trinajstić information content (AvgIpc) is 2.84. The molecule has 0 radical (unpaired) electrons. The zero-order chi connectivity index (χ0) is 14.5. The molecule has 0 aliphatic heterocycles.